The normalized spacial score (nSPS) is 8.43. The fraction of sp³-hybridized carbons (Fsp3) is 0. The van der Waals surface area contributed by atoms with Crippen molar-refractivity contribution in [3.05, 3.63) is 0 Å². The van der Waals surface area contributed by atoms with Gasteiger partial charge in [-0.3, -0.25) is 0 Å². The molecule has 0 aliphatic carbocycles. The van der Waals surface area contributed by atoms with Gasteiger partial charge in [0, 0.05) is 49.4 Å². The van der Waals surface area contributed by atoms with Crippen molar-refractivity contribution in [1.82, 2.24) is 0 Å². The van der Waals surface area contributed by atoms with Crippen molar-refractivity contribution in [2.45, 2.75) is 0 Å². The van der Waals surface area contributed by atoms with E-state index in [2.05, 4.69) is 0 Å². The van der Waals surface area contributed by atoms with Crippen LogP contribution in [0.1, 0.15) is 2.85 Å². The molecule has 3 N–H and O–H groups in total. The summed E-state index contributed by atoms with van der Waals surface area (Å²) in [5, 5.41) is 0. The van der Waals surface area contributed by atoms with Crippen LogP contribution in [0.2, 0.25) is 0 Å². The van der Waals surface area contributed by atoms with E-state index in [0.717, 1.165) is 0 Å². The second kappa shape index (κ2) is 7.28. The Hall–Kier alpha value is 3.17. The number of phosphoric acid groups is 1. The quantitative estimate of drug-likeness (QED) is 0.387. The first-order chi connectivity index (χ1) is 2.00. The van der Waals surface area contributed by atoms with Crippen LogP contribution in [-0.2, 0) is 4.57 Å². The molecule has 7 heavy (non-hydrogen) atoms. The molecule has 0 aromatic rings. The molecule has 0 bridgehead atoms. The molecule has 0 fully saturated rings. The molecule has 0 unspecified atom stereocenters. The largest absolute Gasteiger partial charge is 2.00 e. The number of hydrogen-bond donors (Lipinski definition) is 3. The van der Waals surface area contributed by atoms with E-state index in [4.69, 9.17) is 19.2 Å². The van der Waals surface area contributed by atoms with Crippen molar-refractivity contribution < 1.29 is 71.5 Å². The molecular weight excluding hydrogens is 335 g/mol. The zero-order chi connectivity index (χ0) is 4.50. The maximum Gasteiger partial charge on any atom is 2.00 e. The summed E-state index contributed by atoms with van der Waals surface area (Å²) in [6.45, 7) is 0. The van der Waals surface area contributed by atoms with Gasteiger partial charge >= 0.3 is 53.3 Å². The molecule has 0 atom stereocenters. The molecule has 0 saturated heterocycles. The first kappa shape index (κ1) is 16.6. The third-order valence-electron chi connectivity index (χ3n) is 0. The SMILES string of the molecule is O=P(O)(O)O.[Eu].[H-].[H-].[Sr+2]. The van der Waals surface area contributed by atoms with Gasteiger partial charge in [-0.1, -0.05) is 0 Å². The van der Waals surface area contributed by atoms with E-state index in [9.17, 15) is 0 Å². The molecule has 0 rings (SSSR count). The maximum atomic E-state index is 8.88. The zero-order valence-electron chi connectivity index (χ0n) is 5.28. The van der Waals surface area contributed by atoms with Crippen molar-refractivity contribution in [3.63, 3.8) is 0 Å². The van der Waals surface area contributed by atoms with Gasteiger partial charge in [0.2, 0.25) is 0 Å². The van der Waals surface area contributed by atoms with Crippen molar-refractivity contribution in [2.24, 2.45) is 0 Å². The van der Waals surface area contributed by atoms with Gasteiger partial charge in [0.05, 0.1) is 0 Å². The Labute approximate surface area is 122 Å². The molecule has 0 aromatic carbocycles. The van der Waals surface area contributed by atoms with E-state index >= 15 is 0 Å². The molecule has 0 spiro atoms. The molecule has 0 amide bonds. The van der Waals surface area contributed by atoms with Gasteiger partial charge in [0.15, 0.2) is 0 Å². The topological polar surface area (TPSA) is 77.8 Å². The summed E-state index contributed by atoms with van der Waals surface area (Å²) in [7, 11) is -4.64. The fourth-order valence-electron chi connectivity index (χ4n) is 0. The van der Waals surface area contributed by atoms with E-state index < -0.39 is 7.82 Å². The number of hydrogen-bond acceptors (Lipinski definition) is 1. The standard InChI is InChI=1S/Eu.H3O4P.Sr.2H/c;1-5(2,3)4;;;/h;(H3,1,2,3,4);;;/q;;+2;2*-1. The Morgan fingerprint density at radius 3 is 1.29 bits per heavy atom. The van der Waals surface area contributed by atoms with E-state index in [-0.39, 0.29) is 97.7 Å². The van der Waals surface area contributed by atoms with E-state index in [1.54, 1.807) is 0 Å². The van der Waals surface area contributed by atoms with Crippen LogP contribution >= 0.6 is 7.82 Å². The minimum Gasteiger partial charge on any atom is -1.00 e. The molecular formula is H5EuO4PSr. The van der Waals surface area contributed by atoms with Crippen molar-refractivity contribution in [1.29, 1.82) is 0 Å². The predicted octanol–water partition coefficient (Wildman–Crippen LogP) is -1.08. The molecule has 1 radical (unpaired) electrons. The summed E-state index contributed by atoms with van der Waals surface area (Å²) < 4.78 is 8.88. The average molecular weight is 340 g/mol. The summed E-state index contributed by atoms with van der Waals surface area (Å²) in [6.07, 6.45) is 0. The van der Waals surface area contributed by atoms with Crippen molar-refractivity contribution >= 4 is 53.3 Å². The molecule has 0 heterocycles. The van der Waals surface area contributed by atoms with Crippen LogP contribution in [0.25, 0.3) is 0 Å². The molecule has 4 nitrogen and oxygen atoms in total. The zero-order valence-corrected chi connectivity index (χ0v) is 10.1. The monoisotopic (exact) mass is 341 g/mol. The summed E-state index contributed by atoms with van der Waals surface area (Å²) in [5.74, 6) is 0. The van der Waals surface area contributed by atoms with Gasteiger partial charge in [-0.25, -0.2) is 4.57 Å². The number of rotatable bonds is 0. The van der Waals surface area contributed by atoms with Gasteiger partial charge in [0.25, 0.3) is 0 Å². The molecule has 0 saturated carbocycles. The van der Waals surface area contributed by atoms with Crippen LogP contribution in [-0.4, -0.2) is 60.2 Å². The van der Waals surface area contributed by atoms with Gasteiger partial charge in [-0.05, 0) is 0 Å². The summed E-state index contributed by atoms with van der Waals surface area (Å²) in [4.78, 5) is 21.6. The van der Waals surface area contributed by atoms with Crippen molar-refractivity contribution in [2.75, 3.05) is 0 Å². The van der Waals surface area contributed by atoms with Crippen LogP contribution in [0.15, 0.2) is 0 Å². The Morgan fingerprint density at radius 2 is 1.29 bits per heavy atom. The van der Waals surface area contributed by atoms with Crippen LogP contribution in [0, 0.1) is 49.4 Å². The Kier molecular flexibility index (Phi) is 17.3. The first-order valence-corrected chi connectivity index (χ1v) is 2.35. The minimum absolute atomic E-state index is 0. The van der Waals surface area contributed by atoms with Crippen molar-refractivity contribution in [3.8, 4) is 0 Å². The molecule has 0 aliphatic rings. The summed E-state index contributed by atoms with van der Waals surface area (Å²) in [5.41, 5.74) is 0. The Balaban J connectivity index is -0.0000000133. The molecule has 7 heteroatoms. The molecule has 43 valence electrons. The molecule has 0 aliphatic heterocycles. The summed E-state index contributed by atoms with van der Waals surface area (Å²) >= 11 is 0. The smallest absolute Gasteiger partial charge is 1.00 e. The second-order valence-corrected chi connectivity index (χ2v) is 1.54. The first-order valence-electron chi connectivity index (χ1n) is 0.783. The third kappa shape index (κ3) is 46.9. The minimum atomic E-state index is -4.64. The van der Waals surface area contributed by atoms with E-state index in [0.29, 0.717) is 0 Å². The predicted molar refractivity (Wildman–Crippen MR) is 22.2 cm³/mol. The fourth-order valence-corrected chi connectivity index (χ4v) is 0. The van der Waals surface area contributed by atoms with Gasteiger partial charge in [-0.2, -0.15) is 0 Å². The van der Waals surface area contributed by atoms with Gasteiger partial charge < -0.3 is 17.5 Å². The summed E-state index contributed by atoms with van der Waals surface area (Å²) in [6, 6.07) is 0. The second-order valence-electron chi connectivity index (χ2n) is 0.513. The van der Waals surface area contributed by atoms with Crippen LogP contribution in [0.3, 0.4) is 0 Å². The van der Waals surface area contributed by atoms with Crippen LogP contribution < -0.4 is 0 Å². The van der Waals surface area contributed by atoms with Gasteiger partial charge in [-0.15, -0.1) is 0 Å². The third-order valence-corrected chi connectivity index (χ3v) is 0. The van der Waals surface area contributed by atoms with E-state index in [1.807, 2.05) is 0 Å². The molecule has 0 aromatic heterocycles. The Bertz CT molecular complexity index is 64.7. The Morgan fingerprint density at radius 1 is 1.29 bits per heavy atom. The maximum absolute atomic E-state index is 8.88. The average Bonchev–Trinajstić information content (AvgIpc) is 0.722. The van der Waals surface area contributed by atoms with Crippen LogP contribution in [0.5, 0.6) is 0 Å². The van der Waals surface area contributed by atoms with E-state index in [1.165, 1.54) is 0 Å². The van der Waals surface area contributed by atoms with Gasteiger partial charge in [0.1, 0.15) is 0 Å². The van der Waals surface area contributed by atoms with Crippen LogP contribution in [0.4, 0.5) is 0 Å².